The molecule has 0 unspecified atom stereocenters. The van der Waals surface area contributed by atoms with Crippen LogP contribution in [0.1, 0.15) is 0 Å². The number of phenols is 2. The number of nitrogens with zero attached hydrogens (tertiary/aromatic N) is 3. The van der Waals surface area contributed by atoms with Crippen molar-refractivity contribution in [3.05, 3.63) is 46.9 Å². The second kappa shape index (κ2) is 5.42. The van der Waals surface area contributed by atoms with Gasteiger partial charge in [-0.25, -0.2) is 4.68 Å². The zero-order valence-corrected chi connectivity index (χ0v) is 13.1. The minimum absolute atomic E-state index is 0.0207. The van der Waals surface area contributed by atoms with Crippen LogP contribution in [0.5, 0.6) is 11.5 Å². The van der Waals surface area contributed by atoms with Crippen molar-refractivity contribution in [3.8, 4) is 28.4 Å². The van der Waals surface area contributed by atoms with Gasteiger partial charge in [-0.1, -0.05) is 33.3 Å². The largest absolute Gasteiger partial charge is 0.508 e. The zero-order chi connectivity index (χ0) is 15.0. The molecule has 0 aliphatic heterocycles. The molecule has 0 atom stereocenters. The minimum atomic E-state index is -0.0911. The second-order valence-corrected chi connectivity index (χ2v) is 5.69. The Morgan fingerprint density at radius 2 is 1.76 bits per heavy atom. The molecule has 0 aliphatic carbocycles. The molecule has 21 heavy (non-hydrogen) atoms. The molecule has 0 spiro atoms. The topological polar surface area (TPSA) is 71.2 Å². The maximum Gasteiger partial charge on any atom is 0.145 e. The van der Waals surface area contributed by atoms with Gasteiger partial charge >= 0.3 is 0 Å². The fourth-order valence-electron chi connectivity index (χ4n) is 1.99. The molecule has 0 bridgehead atoms. The van der Waals surface area contributed by atoms with E-state index in [0.29, 0.717) is 16.4 Å². The number of benzene rings is 2. The van der Waals surface area contributed by atoms with Crippen LogP contribution in [0.25, 0.3) is 16.9 Å². The van der Waals surface area contributed by atoms with Gasteiger partial charge in [0.2, 0.25) is 0 Å². The summed E-state index contributed by atoms with van der Waals surface area (Å²) in [5, 5.41) is 27.8. The highest BCUT2D eigenvalue weighted by molar-refractivity contribution is 9.10. The van der Waals surface area contributed by atoms with E-state index in [4.69, 9.17) is 0 Å². The lowest BCUT2D eigenvalue weighted by molar-refractivity contribution is 0.447. The molecule has 0 amide bonds. The van der Waals surface area contributed by atoms with E-state index >= 15 is 0 Å². The maximum absolute atomic E-state index is 9.99. The average molecular weight is 364 g/mol. The number of hydrogen-bond donors (Lipinski definition) is 3. The van der Waals surface area contributed by atoms with Crippen molar-refractivity contribution in [1.82, 2.24) is 15.0 Å². The second-order valence-electron chi connectivity index (χ2n) is 4.35. The van der Waals surface area contributed by atoms with Gasteiger partial charge in [-0.3, -0.25) is 0 Å². The van der Waals surface area contributed by atoms with Gasteiger partial charge < -0.3 is 10.2 Å². The molecule has 1 heterocycles. The van der Waals surface area contributed by atoms with Crippen LogP contribution >= 0.6 is 28.6 Å². The van der Waals surface area contributed by atoms with Crippen LogP contribution in [-0.4, -0.2) is 25.2 Å². The van der Waals surface area contributed by atoms with Crippen LogP contribution in [0, 0.1) is 0 Å². The number of hydrogen-bond acceptors (Lipinski definition) is 5. The number of halogens is 1. The average Bonchev–Trinajstić information content (AvgIpc) is 2.82. The Bertz CT molecular complexity index is 802. The highest BCUT2D eigenvalue weighted by Gasteiger charge is 2.16. The molecule has 1 aromatic heterocycles. The van der Waals surface area contributed by atoms with Crippen molar-refractivity contribution >= 4 is 28.6 Å². The van der Waals surface area contributed by atoms with Gasteiger partial charge in [0.25, 0.3) is 0 Å². The zero-order valence-electron chi connectivity index (χ0n) is 10.6. The molecule has 3 aromatic rings. The quantitative estimate of drug-likeness (QED) is 0.610. The van der Waals surface area contributed by atoms with Crippen molar-refractivity contribution in [2.24, 2.45) is 0 Å². The molecular formula is C14H10BrN3O2S. The number of aromatic hydroxyl groups is 2. The Morgan fingerprint density at radius 3 is 2.43 bits per heavy atom. The van der Waals surface area contributed by atoms with Gasteiger partial charge in [-0.15, -0.1) is 17.7 Å². The molecule has 2 N–H and O–H groups in total. The lowest BCUT2D eigenvalue weighted by Crippen LogP contribution is -1.99. The highest BCUT2D eigenvalue weighted by atomic mass is 79.9. The summed E-state index contributed by atoms with van der Waals surface area (Å²) in [5.74, 6) is -0.112. The number of aromatic nitrogens is 3. The Labute approximate surface area is 134 Å². The van der Waals surface area contributed by atoms with Crippen LogP contribution in [0.4, 0.5) is 0 Å². The van der Waals surface area contributed by atoms with Gasteiger partial charge in [0, 0.05) is 16.1 Å². The van der Waals surface area contributed by atoms with E-state index in [1.54, 1.807) is 6.07 Å². The molecule has 3 rings (SSSR count). The Kier molecular flexibility index (Phi) is 3.60. The van der Waals surface area contributed by atoms with Gasteiger partial charge in [0.05, 0.1) is 0 Å². The standard InChI is InChI=1S/C14H10BrN3O2S/c15-9-3-1-8(2-4-9)13-14(21)16-17-18(13)11-6-5-10(19)7-12(11)20/h1-7,19-21H. The summed E-state index contributed by atoms with van der Waals surface area (Å²) >= 11 is 7.71. The van der Waals surface area contributed by atoms with E-state index in [1.807, 2.05) is 24.3 Å². The van der Waals surface area contributed by atoms with E-state index in [1.165, 1.54) is 16.8 Å². The van der Waals surface area contributed by atoms with Crippen molar-refractivity contribution in [2.75, 3.05) is 0 Å². The van der Waals surface area contributed by atoms with Crippen molar-refractivity contribution in [2.45, 2.75) is 5.03 Å². The monoisotopic (exact) mass is 363 g/mol. The third-order valence-electron chi connectivity index (χ3n) is 2.96. The van der Waals surface area contributed by atoms with E-state index in [2.05, 4.69) is 38.9 Å². The molecule has 2 aromatic carbocycles. The molecule has 0 radical (unpaired) electrons. The van der Waals surface area contributed by atoms with Gasteiger partial charge in [0.15, 0.2) is 0 Å². The first-order valence-electron chi connectivity index (χ1n) is 5.99. The van der Waals surface area contributed by atoms with E-state index in [0.717, 1.165) is 10.0 Å². The van der Waals surface area contributed by atoms with Crippen LogP contribution in [0.3, 0.4) is 0 Å². The predicted octanol–water partition coefficient (Wildman–Crippen LogP) is 3.40. The molecule has 0 saturated heterocycles. The van der Waals surface area contributed by atoms with Crippen LogP contribution < -0.4 is 0 Å². The normalized spacial score (nSPS) is 10.8. The summed E-state index contributed by atoms with van der Waals surface area (Å²) in [6, 6.07) is 11.9. The summed E-state index contributed by atoms with van der Waals surface area (Å²) in [6.45, 7) is 0. The van der Waals surface area contributed by atoms with Crippen molar-refractivity contribution in [3.63, 3.8) is 0 Å². The number of thiol groups is 1. The lowest BCUT2D eigenvalue weighted by Gasteiger charge is -2.09. The summed E-state index contributed by atoms with van der Waals surface area (Å²) < 4.78 is 2.44. The highest BCUT2D eigenvalue weighted by Crippen LogP contribution is 2.32. The molecule has 5 nitrogen and oxygen atoms in total. The Morgan fingerprint density at radius 1 is 1.05 bits per heavy atom. The van der Waals surface area contributed by atoms with Crippen molar-refractivity contribution in [1.29, 1.82) is 0 Å². The SMILES string of the molecule is Oc1ccc(-n2nnc(S)c2-c2ccc(Br)cc2)c(O)c1. The number of phenolic OH excluding ortho intramolecular Hbond substituents is 2. The third kappa shape index (κ3) is 2.62. The first-order chi connectivity index (χ1) is 10.1. The van der Waals surface area contributed by atoms with Crippen LogP contribution in [0.2, 0.25) is 0 Å². The van der Waals surface area contributed by atoms with Gasteiger partial charge in [0.1, 0.15) is 27.9 Å². The fourth-order valence-corrected chi connectivity index (χ4v) is 2.52. The van der Waals surface area contributed by atoms with Crippen LogP contribution in [-0.2, 0) is 0 Å². The fraction of sp³-hybridized carbons (Fsp3) is 0. The molecule has 7 heteroatoms. The lowest BCUT2D eigenvalue weighted by atomic mass is 10.1. The summed E-state index contributed by atoms with van der Waals surface area (Å²) in [4.78, 5) is 0. The van der Waals surface area contributed by atoms with E-state index in [9.17, 15) is 10.2 Å². The Balaban J connectivity index is 2.19. The molecular weight excluding hydrogens is 354 g/mol. The first kappa shape index (κ1) is 14.0. The van der Waals surface area contributed by atoms with Crippen molar-refractivity contribution < 1.29 is 10.2 Å². The summed E-state index contributed by atoms with van der Waals surface area (Å²) in [6.07, 6.45) is 0. The van der Waals surface area contributed by atoms with E-state index < -0.39 is 0 Å². The Hall–Kier alpha value is -1.99. The molecule has 0 aliphatic rings. The van der Waals surface area contributed by atoms with Gasteiger partial charge in [-0.05, 0) is 24.3 Å². The molecule has 0 fully saturated rings. The third-order valence-corrected chi connectivity index (χ3v) is 3.79. The minimum Gasteiger partial charge on any atom is -0.508 e. The maximum atomic E-state index is 9.99. The van der Waals surface area contributed by atoms with E-state index in [-0.39, 0.29) is 11.5 Å². The summed E-state index contributed by atoms with van der Waals surface area (Å²) in [7, 11) is 0. The smallest absolute Gasteiger partial charge is 0.145 e. The predicted molar refractivity (Wildman–Crippen MR) is 85.1 cm³/mol. The molecule has 106 valence electrons. The summed E-state index contributed by atoms with van der Waals surface area (Å²) in [5.41, 5.74) is 1.94. The number of rotatable bonds is 2. The van der Waals surface area contributed by atoms with Gasteiger partial charge in [-0.2, -0.15) is 0 Å². The first-order valence-corrected chi connectivity index (χ1v) is 7.23. The molecule has 0 saturated carbocycles. The van der Waals surface area contributed by atoms with Crippen LogP contribution in [0.15, 0.2) is 52.0 Å².